The average molecular weight is 284 g/mol. The van der Waals surface area contributed by atoms with Crippen molar-refractivity contribution >= 4 is 15.9 Å². The summed E-state index contributed by atoms with van der Waals surface area (Å²) in [6.45, 7) is 1.08. The first-order valence-corrected chi connectivity index (χ1v) is 6.64. The van der Waals surface area contributed by atoms with Gasteiger partial charge in [0.05, 0.1) is 6.61 Å². The number of nitrogens with one attached hydrogen (secondary N) is 1. The van der Waals surface area contributed by atoms with Gasteiger partial charge in [0.15, 0.2) is 0 Å². The molecule has 2 rings (SSSR count). The summed E-state index contributed by atoms with van der Waals surface area (Å²) in [6, 6.07) is 8.30. The van der Waals surface area contributed by atoms with Crippen LogP contribution in [0.15, 0.2) is 28.7 Å². The number of aliphatic hydroxyl groups excluding tert-OH is 1. The van der Waals surface area contributed by atoms with Crippen molar-refractivity contribution in [2.45, 2.75) is 37.8 Å². The second-order valence-electron chi connectivity index (χ2n) is 4.63. The topological polar surface area (TPSA) is 32.3 Å². The van der Waals surface area contributed by atoms with Crippen LogP contribution in [0.25, 0.3) is 0 Å². The molecule has 0 radical (unpaired) electrons. The van der Waals surface area contributed by atoms with E-state index < -0.39 is 0 Å². The van der Waals surface area contributed by atoms with Crippen molar-refractivity contribution in [1.82, 2.24) is 5.32 Å². The van der Waals surface area contributed by atoms with Crippen LogP contribution in [0.1, 0.15) is 31.2 Å². The molecule has 0 spiro atoms. The predicted molar refractivity (Wildman–Crippen MR) is 69.3 cm³/mol. The molecule has 0 saturated heterocycles. The summed E-state index contributed by atoms with van der Waals surface area (Å²) < 4.78 is 1.11. The lowest BCUT2D eigenvalue weighted by molar-refractivity contribution is 0.163. The first-order valence-electron chi connectivity index (χ1n) is 5.84. The number of hydrogen-bond acceptors (Lipinski definition) is 2. The SMILES string of the molecule is OCC1(NCc2cccc(Br)c2)CCCC1. The van der Waals surface area contributed by atoms with Gasteiger partial charge in [-0.3, -0.25) is 0 Å². The molecule has 0 aliphatic heterocycles. The van der Waals surface area contributed by atoms with E-state index in [9.17, 15) is 5.11 Å². The van der Waals surface area contributed by atoms with E-state index in [4.69, 9.17) is 0 Å². The quantitative estimate of drug-likeness (QED) is 0.891. The van der Waals surface area contributed by atoms with Crippen LogP contribution < -0.4 is 5.32 Å². The van der Waals surface area contributed by atoms with Gasteiger partial charge in [-0.25, -0.2) is 0 Å². The second-order valence-corrected chi connectivity index (χ2v) is 5.54. The van der Waals surface area contributed by atoms with Crippen molar-refractivity contribution in [3.05, 3.63) is 34.3 Å². The van der Waals surface area contributed by atoms with E-state index in [0.29, 0.717) is 0 Å². The number of rotatable bonds is 4. The molecule has 0 unspecified atom stereocenters. The molecule has 1 saturated carbocycles. The molecule has 0 atom stereocenters. The Hall–Kier alpha value is -0.380. The van der Waals surface area contributed by atoms with E-state index in [0.717, 1.165) is 23.9 Å². The zero-order chi connectivity index (χ0) is 11.4. The summed E-state index contributed by atoms with van der Waals surface area (Å²) in [5.74, 6) is 0. The molecule has 0 amide bonds. The molecule has 1 aromatic carbocycles. The van der Waals surface area contributed by atoms with Gasteiger partial charge in [0, 0.05) is 16.6 Å². The third kappa shape index (κ3) is 2.84. The maximum atomic E-state index is 9.48. The normalized spacial score (nSPS) is 18.9. The second kappa shape index (κ2) is 5.30. The Morgan fingerprint density at radius 2 is 2.06 bits per heavy atom. The molecule has 1 fully saturated rings. The van der Waals surface area contributed by atoms with Crippen LogP contribution in [-0.2, 0) is 6.54 Å². The van der Waals surface area contributed by atoms with Gasteiger partial charge in [-0.05, 0) is 30.5 Å². The molecular formula is C13H18BrNO. The molecule has 1 aromatic rings. The minimum atomic E-state index is -0.0255. The highest BCUT2D eigenvalue weighted by Crippen LogP contribution is 2.29. The van der Waals surface area contributed by atoms with Crippen molar-refractivity contribution < 1.29 is 5.11 Å². The molecule has 88 valence electrons. The molecule has 0 heterocycles. The highest BCUT2D eigenvalue weighted by molar-refractivity contribution is 9.10. The van der Waals surface area contributed by atoms with E-state index in [1.54, 1.807) is 0 Å². The number of halogens is 1. The molecule has 1 aliphatic rings. The summed E-state index contributed by atoms with van der Waals surface area (Å²) in [5, 5.41) is 13.0. The zero-order valence-corrected chi connectivity index (χ0v) is 11.0. The fraction of sp³-hybridized carbons (Fsp3) is 0.538. The maximum absolute atomic E-state index is 9.48. The van der Waals surface area contributed by atoms with Crippen LogP contribution in [0.3, 0.4) is 0 Å². The van der Waals surface area contributed by atoms with Crippen molar-refractivity contribution in [3.8, 4) is 0 Å². The largest absolute Gasteiger partial charge is 0.394 e. The summed E-state index contributed by atoms with van der Waals surface area (Å²) in [7, 11) is 0. The van der Waals surface area contributed by atoms with E-state index in [1.165, 1.54) is 18.4 Å². The van der Waals surface area contributed by atoms with Crippen LogP contribution in [0, 0.1) is 0 Å². The third-order valence-electron chi connectivity index (χ3n) is 3.42. The lowest BCUT2D eigenvalue weighted by atomic mass is 9.98. The maximum Gasteiger partial charge on any atom is 0.0613 e. The van der Waals surface area contributed by atoms with Crippen molar-refractivity contribution in [2.24, 2.45) is 0 Å². The van der Waals surface area contributed by atoms with Gasteiger partial charge in [-0.15, -0.1) is 0 Å². The first kappa shape index (κ1) is 12.1. The minimum Gasteiger partial charge on any atom is -0.394 e. The van der Waals surface area contributed by atoms with E-state index in [2.05, 4.69) is 33.4 Å². The molecule has 0 bridgehead atoms. The third-order valence-corrected chi connectivity index (χ3v) is 3.91. The lowest BCUT2D eigenvalue weighted by Gasteiger charge is -2.28. The predicted octanol–water partition coefficient (Wildman–Crippen LogP) is 2.84. The standard InChI is InChI=1S/C13H18BrNO/c14-12-5-3-4-11(8-12)9-15-13(10-16)6-1-2-7-13/h3-5,8,15-16H,1-2,6-7,9-10H2. The van der Waals surface area contributed by atoms with Crippen molar-refractivity contribution in [2.75, 3.05) is 6.61 Å². The lowest BCUT2D eigenvalue weighted by Crippen LogP contribution is -2.45. The monoisotopic (exact) mass is 283 g/mol. The van der Waals surface area contributed by atoms with Crippen molar-refractivity contribution in [3.63, 3.8) is 0 Å². The number of aliphatic hydroxyl groups is 1. The molecule has 0 aromatic heterocycles. The Labute approximate surface area is 105 Å². The van der Waals surface area contributed by atoms with Crippen LogP contribution in [-0.4, -0.2) is 17.3 Å². The van der Waals surface area contributed by atoms with Crippen LogP contribution in [0.4, 0.5) is 0 Å². The van der Waals surface area contributed by atoms with Gasteiger partial charge in [0.25, 0.3) is 0 Å². The van der Waals surface area contributed by atoms with Gasteiger partial charge in [-0.1, -0.05) is 40.9 Å². The fourth-order valence-electron chi connectivity index (χ4n) is 2.38. The number of hydrogen-bond donors (Lipinski definition) is 2. The average Bonchev–Trinajstić information content (AvgIpc) is 2.76. The first-order chi connectivity index (χ1) is 7.74. The Kier molecular flexibility index (Phi) is 4.00. The fourth-order valence-corrected chi connectivity index (χ4v) is 2.83. The number of benzene rings is 1. The Balaban J connectivity index is 1.95. The van der Waals surface area contributed by atoms with Crippen LogP contribution in [0.5, 0.6) is 0 Å². The van der Waals surface area contributed by atoms with Gasteiger partial charge in [0.1, 0.15) is 0 Å². The zero-order valence-electron chi connectivity index (χ0n) is 9.38. The Morgan fingerprint density at radius 1 is 1.31 bits per heavy atom. The summed E-state index contributed by atoms with van der Waals surface area (Å²) in [5.41, 5.74) is 1.23. The van der Waals surface area contributed by atoms with Crippen molar-refractivity contribution in [1.29, 1.82) is 0 Å². The molecule has 2 nitrogen and oxygen atoms in total. The molecule has 3 heteroatoms. The van der Waals surface area contributed by atoms with E-state index >= 15 is 0 Å². The summed E-state index contributed by atoms with van der Waals surface area (Å²) in [4.78, 5) is 0. The Morgan fingerprint density at radius 3 is 2.69 bits per heavy atom. The van der Waals surface area contributed by atoms with Gasteiger partial charge in [0.2, 0.25) is 0 Å². The highest BCUT2D eigenvalue weighted by Gasteiger charge is 2.32. The van der Waals surface area contributed by atoms with Gasteiger partial charge >= 0.3 is 0 Å². The van der Waals surface area contributed by atoms with E-state index in [1.807, 2.05) is 12.1 Å². The molecular weight excluding hydrogens is 266 g/mol. The van der Waals surface area contributed by atoms with Crippen LogP contribution >= 0.6 is 15.9 Å². The highest BCUT2D eigenvalue weighted by atomic mass is 79.9. The molecule has 16 heavy (non-hydrogen) atoms. The molecule has 1 aliphatic carbocycles. The van der Waals surface area contributed by atoms with Gasteiger partial charge < -0.3 is 10.4 Å². The molecule has 2 N–H and O–H groups in total. The van der Waals surface area contributed by atoms with E-state index in [-0.39, 0.29) is 12.1 Å². The minimum absolute atomic E-state index is 0.0255. The summed E-state index contributed by atoms with van der Waals surface area (Å²) in [6.07, 6.45) is 4.65. The van der Waals surface area contributed by atoms with Crippen LogP contribution in [0.2, 0.25) is 0 Å². The summed E-state index contributed by atoms with van der Waals surface area (Å²) >= 11 is 3.47. The van der Waals surface area contributed by atoms with Gasteiger partial charge in [-0.2, -0.15) is 0 Å². The Bertz CT molecular complexity index is 348. The smallest absolute Gasteiger partial charge is 0.0613 e.